The first-order valence-electron chi connectivity index (χ1n) is 11.1. The van der Waals surface area contributed by atoms with E-state index in [1.165, 1.54) is 24.0 Å². The third kappa shape index (κ3) is 3.37. The lowest BCUT2D eigenvalue weighted by atomic mass is 9.62. The quantitative estimate of drug-likeness (QED) is 0.837. The molecule has 2 atom stereocenters. The zero-order valence-corrected chi connectivity index (χ0v) is 17.6. The van der Waals surface area contributed by atoms with E-state index in [1.54, 1.807) is 0 Å². The van der Waals surface area contributed by atoms with Gasteiger partial charge in [0.1, 0.15) is 6.61 Å². The SMILES string of the molecule is CN1CCC[C@H]1COc1nc(C(=O)O)nc2c1CCC1(CCCc3ccccc31)C2. The zero-order valence-electron chi connectivity index (χ0n) is 17.6. The van der Waals surface area contributed by atoms with Crippen LogP contribution in [0.25, 0.3) is 0 Å². The summed E-state index contributed by atoms with van der Waals surface area (Å²) in [5, 5.41) is 9.60. The molecule has 5 rings (SSSR count). The molecule has 0 radical (unpaired) electrons. The first-order chi connectivity index (χ1) is 14.6. The summed E-state index contributed by atoms with van der Waals surface area (Å²) in [5.41, 5.74) is 4.77. The van der Waals surface area contributed by atoms with E-state index in [2.05, 4.69) is 46.2 Å². The molecule has 3 aliphatic rings. The maximum absolute atomic E-state index is 11.7. The number of ether oxygens (including phenoxy) is 1. The number of benzene rings is 1. The van der Waals surface area contributed by atoms with Crippen LogP contribution >= 0.6 is 0 Å². The van der Waals surface area contributed by atoms with Crippen LogP contribution in [0.1, 0.15) is 65.1 Å². The smallest absolute Gasteiger partial charge is 0.374 e. The molecule has 1 fully saturated rings. The van der Waals surface area contributed by atoms with Gasteiger partial charge in [-0.3, -0.25) is 0 Å². The number of carboxylic acids is 1. The number of carbonyl (C=O) groups is 1. The van der Waals surface area contributed by atoms with E-state index in [4.69, 9.17) is 4.74 Å². The van der Waals surface area contributed by atoms with E-state index >= 15 is 0 Å². The van der Waals surface area contributed by atoms with Gasteiger partial charge in [-0.1, -0.05) is 24.3 Å². The highest BCUT2D eigenvalue weighted by atomic mass is 16.5. The van der Waals surface area contributed by atoms with Crippen molar-refractivity contribution < 1.29 is 14.6 Å². The lowest BCUT2D eigenvalue weighted by molar-refractivity contribution is 0.0680. The molecule has 0 bridgehead atoms. The zero-order chi connectivity index (χ0) is 20.7. The number of aromatic nitrogens is 2. The van der Waals surface area contributed by atoms with Crippen LogP contribution < -0.4 is 4.74 Å². The van der Waals surface area contributed by atoms with Gasteiger partial charge in [0.25, 0.3) is 0 Å². The highest BCUT2D eigenvalue weighted by molar-refractivity contribution is 5.83. The number of fused-ring (bicyclic) bond motifs is 3. The summed E-state index contributed by atoms with van der Waals surface area (Å²) in [7, 11) is 2.11. The van der Waals surface area contributed by atoms with Crippen molar-refractivity contribution in [1.29, 1.82) is 0 Å². The Hall–Kier alpha value is -2.47. The van der Waals surface area contributed by atoms with Crippen molar-refractivity contribution in [3.8, 4) is 5.88 Å². The molecular formula is C24H29N3O3. The molecule has 158 valence electrons. The van der Waals surface area contributed by atoms with Crippen molar-refractivity contribution >= 4 is 5.97 Å². The van der Waals surface area contributed by atoms with E-state index < -0.39 is 5.97 Å². The van der Waals surface area contributed by atoms with Crippen molar-refractivity contribution in [1.82, 2.24) is 14.9 Å². The number of likely N-dealkylation sites (N-methyl/N-ethyl adjacent to an activating group) is 1. The Morgan fingerprint density at radius 2 is 2.10 bits per heavy atom. The monoisotopic (exact) mass is 407 g/mol. The number of likely N-dealkylation sites (tertiary alicyclic amines) is 1. The molecule has 1 aliphatic heterocycles. The van der Waals surface area contributed by atoms with Gasteiger partial charge in [0, 0.05) is 17.0 Å². The molecule has 30 heavy (non-hydrogen) atoms. The standard InChI is InChI=1S/C24H29N3O3/c1-27-13-5-8-17(27)15-30-22-18-10-12-24(14-20(18)25-21(26-22)23(28)29)11-4-7-16-6-2-3-9-19(16)24/h2-3,6,9,17H,4-5,7-8,10-15H2,1H3,(H,28,29)/t17-,24?/m0/s1. The molecule has 0 amide bonds. The van der Waals surface area contributed by atoms with E-state index in [1.807, 2.05) is 0 Å². The summed E-state index contributed by atoms with van der Waals surface area (Å²) >= 11 is 0. The van der Waals surface area contributed by atoms with Crippen LogP contribution in [0.4, 0.5) is 0 Å². The number of hydrogen-bond donors (Lipinski definition) is 1. The number of carboxylic acid groups (broad SMARTS) is 1. The van der Waals surface area contributed by atoms with Gasteiger partial charge in [0.15, 0.2) is 0 Å². The minimum atomic E-state index is -1.09. The Morgan fingerprint density at radius 3 is 2.90 bits per heavy atom. The van der Waals surface area contributed by atoms with Crippen LogP contribution in [0, 0.1) is 0 Å². The third-order valence-corrected chi connectivity index (χ3v) is 7.38. The molecule has 6 nitrogen and oxygen atoms in total. The molecule has 1 N–H and O–H groups in total. The number of aromatic carboxylic acids is 1. The van der Waals surface area contributed by atoms with Crippen LogP contribution in [-0.2, 0) is 24.7 Å². The lowest BCUT2D eigenvalue weighted by Gasteiger charge is -2.42. The Morgan fingerprint density at radius 1 is 1.23 bits per heavy atom. The van der Waals surface area contributed by atoms with Crippen LogP contribution in [0.2, 0.25) is 0 Å². The molecule has 0 saturated carbocycles. The van der Waals surface area contributed by atoms with E-state index in [9.17, 15) is 9.90 Å². The topological polar surface area (TPSA) is 75.5 Å². The fourth-order valence-corrected chi connectivity index (χ4v) is 5.71. The summed E-state index contributed by atoms with van der Waals surface area (Å²) < 4.78 is 6.14. The van der Waals surface area contributed by atoms with Crippen LogP contribution in [0.3, 0.4) is 0 Å². The fourth-order valence-electron chi connectivity index (χ4n) is 5.71. The van der Waals surface area contributed by atoms with E-state index in [0.717, 1.165) is 56.3 Å². The Bertz CT molecular complexity index is 976. The second-order valence-corrected chi connectivity index (χ2v) is 9.14. The Kier molecular flexibility index (Phi) is 4.97. The largest absolute Gasteiger partial charge is 0.476 e. The Balaban J connectivity index is 1.48. The van der Waals surface area contributed by atoms with Crippen LogP contribution in [0.15, 0.2) is 24.3 Å². The normalized spacial score (nSPS) is 25.7. The molecule has 1 aromatic carbocycles. The summed E-state index contributed by atoms with van der Waals surface area (Å²) in [6, 6.07) is 9.10. The number of hydrogen-bond acceptors (Lipinski definition) is 5. The average Bonchev–Trinajstić information content (AvgIpc) is 3.16. The molecule has 2 aromatic rings. The minimum absolute atomic E-state index is 0.0505. The van der Waals surface area contributed by atoms with Gasteiger partial charge in [0.05, 0.1) is 5.69 Å². The predicted octanol–water partition coefficient (Wildman–Crippen LogP) is 3.41. The van der Waals surface area contributed by atoms with Gasteiger partial charge in [-0.15, -0.1) is 0 Å². The van der Waals surface area contributed by atoms with Crippen LogP contribution in [0.5, 0.6) is 5.88 Å². The molecule has 2 aliphatic carbocycles. The van der Waals surface area contributed by atoms with Gasteiger partial charge >= 0.3 is 5.97 Å². The first kappa shape index (κ1) is 19.5. The number of rotatable bonds is 4. The van der Waals surface area contributed by atoms with Gasteiger partial charge in [-0.2, -0.15) is 4.98 Å². The lowest BCUT2D eigenvalue weighted by Crippen LogP contribution is -2.38. The van der Waals surface area contributed by atoms with E-state index in [-0.39, 0.29) is 11.2 Å². The molecule has 1 unspecified atom stereocenters. The van der Waals surface area contributed by atoms with Crippen molar-refractivity contribution in [3.63, 3.8) is 0 Å². The number of nitrogens with zero attached hydrogens (tertiary/aromatic N) is 3. The van der Waals surface area contributed by atoms with Gasteiger partial charge < -0.3 is 14.7 Å². The van der Waals surface area contributed by atoms with Gasteiger partial charge in [0.2, 0.25) is 11.7 Å². The molecule has 1 spiro atoms. The minimum Gasteiger partial charge on any atom is -0.476 e. The average molecular weight is 408 g/mol. The van der Waals surface area contributed by atoms with Crippen molar-refractivity contribution in [2.45, 2.75) is 62.8 Å². The summed E-state index contributed by atoms with van der Waals surface area (Å²) in [6.07, 6.45) is 8.33. The highest BCUT2D eigenvalue weighted by Gasteiger charge is 2.41. The first-order valence-corrected chi connectivity index (χ1v) is 11.1. The third-order valence-electron chi connectivity index (χ3n) is 7.38. The molecular weight excluding hydrogens is 378 g/mol. The van der Waals surface area contributed by atoms with Gasteiger partial charge in [-0.25, -0.2) is 9.78 Å². The Labute approximate surface area is 177 Å². The summed E-state index contributed by atoms with van der Waals surface area (Å²) in [5.74, 6) is -0.759. The molecule has 6 heteroatoms. The molecule has 2 heterocycles. The molecule has 1 saturated heterocycles. The van der Waals surface area contributed by atoms with Crippen molar-refractivity contribution in [2.75, 3.05) is 20.2 Å². The highest BCUT2D eigenvalue weighted by Crippen LogP contribution is 2.47. The van der Waals surface area contributed by atoms with E-state index in [0.29, 0.717) is 18.5 Å². The maximum Gasteiger partial charge on any atom is 0.374 e. The molecule has 1 aromatic heterocycles. The summed E-state index contributed by atoms with van der Waals surface area (Å²) in [4.78, 5) is 22.8. The summed E-state index contributed by atoms with van der Waals surface area (Å²) in [6.45, 7) is 1.63. The van der Waals surface area contributed by atoms with Crippen LogP contribution in [-0.4, -0.2) is 52.2 Å². The maximum atomic E-state index is 11.7. The fraction of sp³-hybridized carbons (Fsp3) is 0.542. The number of aryl methyl sites for hydroxylation is 1. The van der Waals surface area contributed by atoms with Gasteiger partial charge in [-0.05, 0) is 76.1 Å². The second-order valence-electron chi connectivity index (χ2n) is 9.14. The predicted molar refractivity (Wildman–Crippen MR) is 113 cm³/mol. The second kappa shape index (κ2) is 7.65. The van der Waals surface area contributed by atoms with Crippen molar-refractivity contribution in [2.24, 2.45) is 0 Å². The van der Waals surface area contributed by atoms with Crippen molar-refractivity contribution in [3.05, 3.63) is 52.5 Å².